The van der Waals surface area contributed by atoms with Crippen LogP contribution < -0.4 is 5.11 Å². The summed E-state index contributed by atoms with van der Waals surface area (Å²) in [4.78, 5) is 23.1. The van der Waals surface area contributed by atoms with Crippen LogP contribution in [0.5, 0.6) is 0 Å². The van der Waals surface area contributed by atoms with E-state index < -0.39 is 24.3 Å². The Bertz CT molecular complexity index is 607. The third-order valence-electron chi connectivity index (χ3n) is 7.11. The number of hydrogen-bond donors (Lipinski definition) is 3. The number of carbonyl (C=O) groups is 2. The van der Waals surface area contributed by atoms with E-state index in [2.05, 4.69) is 6.92 Å². The Labute approximate surface area is 212 Å². The maximum absolute atomic E-state index is 12.2. The zero-order chi connectivity index (χ0) is 26.4. The van der Waals surface area contributed by atoms with E-state index in [-0.39, 0.29) is 36.8 Å². The molecule has 0 aliphatic heterocycles. The highest BCUT2D eigenvalue weighted by molar-refractivity contribution is 5.70. The molecule has 6 atom stereocenters. The highest BCUT2D eigenvalue weighted by atomic mass is 16.5. The largest absolute Gasteiger partial charge is 0.550 e. The topological polar surface area (TPSA) is 127 Å². The van der Waals surface area contributed by atoms with Gasteiger partial charge in [0.05, 0.1) is 39.5 Å². The molecule has 0 saturated heterocycles. The van der Waals surface area contributed by atoms with Crippen LogP contribution in [0.15, 0.2) is 0 Å². The third-order valence-corrected chi connectivity index (χ3v) is 7.11. The fourth-order valence-corrected chi connectivity index (χ4v) is 5.33. The fourth-order valence-electron chi connectivity index (χ4n) is 5.33. The molecule has 0 aromatic heterocycles. The van der Waals surface area contributed by atoms with E-state index >= 15 is 0 Å². The molecule has 0 aromatic carbocycles. The third kappa shape index (κ3) is 14.2. The molecule has 8 nitrogen and oxygen atoms in total. The second kappa shape index (κ2) is 16.5. The van der Waals surface area contributed by atoms with Crippen molar-refractivity contribution in [1.29, 1.82) is 0 Å². The van der Waals surface area contributed by atoms with Gasteiger partial charge in [-0.2, -0.15) is 0 Å². The molecule has 1 saturated carbocycles. The second-order valence-electron chi connectivity index (χ2n) is 11.5. The maximum Gasteiger partial charge on any atom is 0.306 e. The normalized spacial score (nSPS) is 24.3. The molecule has 0 bridgehead atoms. The number of quaternary nitrogens is 1. The molecular weight excluding hydrogens is 450 g/mol. The highest BCUT2D eigenvalue weighted by Crippen LogP contribution is 2.39. The lowest BCUT2D eigenvalue weighted by atomic mass is 9.84. The second-order valence-corrected chi connectivity index (χ2v) is 11.5. The smallest absolute Gasteiger partial charge is 0.306 e. The first-order valence-electron chi connectivity index (χ1n) is 13.7. The number of carbonyl (C=O) groups excluding carboxylic acids is 2. The Balaban J connectivity index is 2.31. The van der Waals surface area contributed by atoms with Gasteiger partial charge in [-0.05, 0) is 50.4 Å². The number of likely N-dealkylation sites (N-methyl/N-ethyl adjacent to an activating group) is 1. The first-order valence-corrected chi connectivity index (χ1v) is 13.7. The van der Waals surface area contributed by atoms with E-state index in [4.69, 9.17) is 4.74 Å². The Hall–Kier alpha value is -1.22. The minimum Gasteiger partial charge on any atom is -0.550 e. The standard InChI is InChI=1S/C27H51NO7/c1-5-6-9-12-20(29)15-16-23-22(24(30)18-25(23)31)13-10-7-8-11-14-27(34)35-21(17-26(32)33)19-28(2,3)4/h20-25,29-31H,5-19H2,1-4H3. The van der Waals surface area contributed by atoms with Crippen molar-refractivity contribution >= 4 is 11.9 Å². The summed E-state index contributed by atoms with van der Waals surface area (Å²) in [5.74, 6) is -1.52. The lowest BCUT2D eigenvalue weighted by Gasteiger charge is -2.29. The Morgan fingerprint density at radius 2 is 1.57 bits per heavy atom. The summed E-state index contributed by atoms with van der Waals surface area (Å²) in [6, 6.07) is 0. The molecule has 1 aliphatic rings. The van der Waals surface area contributed by atoms with Gasteiger partial charge in [0.2, 0.25) is 0 Å². The molecule has 3 N–H and O–H groups in total. The summed E-state index contributed by atoms with van der Waals surface area (Å²) in [7, 11) is 5.74. The van der Waals surface area contributed by atoms with E-state index in [0.29, 0.717) is 30.3 Å². The van der Waals surface area contributed by atoms with Crippen molar-refractivity contribution in [2.45, 2.75) is 121 Å². The zero-order valence-corrected chi connectivity index (χ0v) is 22.5. The number of nitrogens with zero attached hydrogens (tertiary/aromatic N) is 1. The number of rotatable bonds is 19. The van der Waals surface area contributed by atoms with Gasteiger partial charge >= 0.3 is 5.97 Å². The fraction of sp³-hybridized carbons (Fsp3) is 0.926. The minimum atomic E-state index is -1.22. The lowest BCUT2D eigenvalue weighted by molar-refractivity contribution is -0.873. The first kappa shape index (κ1) is 31.8. The van der Waals surface area contributed by atoms with E-state index in [1.807, 2.05) is 21.1 Å². The molecule has 0 heterocycles. The van der Waals surface area contributed by atoms with Crippen molar-refractivity contribution in [2.75, 3.05) is 27.7 Å². The van der Waals surface area contributed by atoms with E-state index in [0.717, 1.165) is 57.8 Å². The summed E-state index contributed by atoms with van der Waals surface area (Å²) in [6.07, 6.45) is 8.01. The minimum absolute atomic E-state index is 0.0303. The zero-order valence-electron chi connectivity index (χ0n) is 22.5. The Morgan fingerprint density at radius 1 is 0.943 bits per heavy atom. The SMILES string of the molecule is CCCCCC(O)CCC1C(O)CC(O)C1CCCCCCC(=O)OC(CC(=O)[O-])C[N+](C)(C)C. The van der Waals surface area contributed by atoms with Gasteiger partial charge < -0.3 is 34.4 Å². The van der Waals surface area contributed by atoms with Crippen molar-refractivity contribution < 1.29 is 39.2 Å². The molecule has 1 rings (SSSR count). The van der Waals surface area contributed by atoms with Crippen LogP contribution in [0.3, 0.4) is 0 Å². The molecule has 8 heteroatoms. The van der Waals surface area contributed by atoms with Crippen LogP contribution in [0.25, 0.3) is 0 Å². The molecule has 0 spiro atoms. The van der Waals surface area contributed by atoms with Crippen LogP contribution >= 0.6 is 0 Å². The molecule has 6 unspecified atom stereocenters. The van der Waals surface area contributed by atoms with Crippen molar-refractivity contribution in [3.63, 3.8) is 0 Å². The van der Waals surface area contributed by atoms with Crippen molar-refractivity contribution in [3.8, 4) is 0 Å². The van der Waals surface area contributed by atoms with E-state index in [9.17, 15) is 30.0 Å². The van der Waals surface area contributed by atoms with Gasteiger partial charge in [0.15, 0.2) is 6.10 Å². The van der Waals surface area contributed by atoms with Crippen LogP contribution in [-0.4, -0.2) is 83.8 Å². The number of aliphatic hydroxyl groups excluding tert-OH is 3. The average molecular weight is 502 g/mol. The maximum atomic E-state index is 12.2. The number of ether oxygens (including phenoxy) is 1. The number of aliphatic carboxylic acids is 1. The van der Waals surface area contributed by atoms with Crippen LogP contribution in [0.2, 0.25) is 0 Å². The molecule has 35 heavy (non-hydrogen) atoms. The quantitative estimate of drug-likeness (QED) is 0.141. The number of hydrogen-bond acceptors (Lipinski definition) is 7. The summed E-state index contributed by atoms with van der Waals surface area (Å²) in [5, 5.41) is 42.0. The molecule has 206 valence electrons. The van der Waals surface area contributed by atoms with Gasteiger partial charge in [-0.1, -0.05) is 45.4 Å². The summed E-state index contributed by atoms with van der Waals surface area (Å²) < 4.78 is 5.88. The monoisotopic (exact) mass is 501 g/mol. The number of carboxylic acid groups (broad SMARTS) is 1. The molecular formula is C27H51NO7. The number of aliphatic hydroxyl groups is 3. The Morgan fingerprint density at radius 3 is 2.17 bits per heavy atom. The molecule has 1 fully saturated rings. The highest BCUT2D eigenvalue weighted by Gasteiger charge is 2.40. The predicted molar refractivity (Wildman–Crippen MR) is 133 cm³/mol. The van der Waals surface area contributed by atoms with Crippen LogP contribution in [0.4, 0.5) is 0 Å². The Kier molecular flexibility index (Phi) is 15.0. The lowest BCUT2D eigenvalue weighted by Crippen LogP contribution is -2.45. The van der Waals surface area contributed by atoms with Gasteiger partial charge in [-0.25, -0.2) is 0 Å². The summed E-state index contributed by atoms with van der Waals surface area (Å²) in [6.45, 7) is 2.55. The van der Waals surface area contributed by atoms with E-state index in [1.165, 1.54) is 0 Å². The van der Waals surface area contributed by atoms with Crippen LogP contribution in [0.1, 0.15) is 96.8 Å². The number of unbranched alkanes of at least 4 members (excludes halogenated alkanes) is 5. The van der Waals surface area contributed by atoms with Gasteiger partial charge in [0.25, 0.3) is 0 Å². The van der Waals surface area contributed by atoms with Crippen molar-refractivity contribution in [2.24, 2.45) is 11.8 Å². The molecule has 1 aliphatic carbocycles. The summed E-state index contributed by atoms with van der Waals surface area (Å²) in [5.41, 5.74) is 0. The number of esters is 1. The van der Waals surface area contributed by atoms with Gasteiger partial charge in [-0.3, -0.25) is 4.79 Å². The van der Waals surface area contributed by atoms with Crippen LogP contribution in [-0.2, 0) is 14.3 Å². The van der Waals surface area contributed by atoms with Gasteiger partial charge in [-0.15, -0.1) is 0 Å². The molecule has 0 radical (unpaired) electrons. The van der Waals surface area contributed by atoms with E-state index in [1.54, 1.807) is 0 Å². The van der Waals surface area contributed by atoms with Crippen LogP contribution in [0, 0.1) is 11.8 Å². The predicted octanol–water partition coefficient (Wildman–Crippen LogP) is 2.16. The van der Waals surface area contributed by atoms with Gasteiger partial charge in [0.1, 0.15) is 6.54 Å². The average Bonchev–Trinajstić information content (AvgIpc) is 2.99. The summed E-state index contributed by atoms with van der Waals surface area (Å²) >= 11 is 0. The number of carboxylic acids is 1. The molecule has 0 amide bonds. The first-order chi connectivity index (χ1) is 16.4. The van der Waals surface area contributed by atoms with Gasteiger partial charge in [0, 0.05) is 18.8 Å². The van der Waals surface area contributed by atoms with Crippen molar-refractivity contribution in [3.05, 3.63) is 0 Å². The van der Waals surface area contributed by atoms with Crippen molar-refractivity contribution in [1.82, 2.24) is 0 Å². The molecule has 0 aromatic rings.